The van der Waals surface area contributed by atoms with E-state index in [9.17, 15) is 40.3 Å². The Kier molecular flexibility index (Phi) is 6.82. The molecule has 0 saturated heterocycles. The molecule has 1 atom stereocenters. The van der Waals surface area contributed by atoms with Crippen LogP contribution in [0.3, 0.4) is 0 Å². The van der Waals surface area contributed by atoms with Crippen LogP contribution in [0.15, 0.2) is 48.5 Å². The number of benzene rings is 2. The topological polar surface area (TPSA) is 67.4 Å². The SMILES string of the molecule is CCOC(=O)[C@@](NC(=O)c1cccc(F)c1)(Nc1ccccc1C(F)(F)F)C(F)(F)F. The summed E-state index contributed by atoms with van der Waals surface area (Å²) in [6, 6.07) is 6.55. The number of halogens is 7. The van der Waals surface area contributed by atoms with Crippen molar-refractivity contribution in [2.24, 2.45) is 0 Å². The lowest BCUT2D eigenvalue weighted by Crippen LogP contribution is -2.69. The molecular weight excluding hydrogens is 437 g/mol. The molecule has 0 aliphatic heterocycles. The highest BCUT2D eigenvalue weighted by molar-refractivity contribution is 5.99. The van der Waals surface area contributed by atoms with E-state index in [0.717, 1.165) is 37.3 Å². The van der Waals surface area contributed by atoms with Crippen LogP contribution in [-0.4, -0.2) is 30.3 Å². The van der Waals surface area contributed by atoms with Gasteiger partial charge in [0.25, 0.3) is 5.91 Å². The first-order valence-corrected chi connectivity index (χ1v) is 8.58. The van der Waals surface area contributed by atoms with Gasteiger partial charge in [0.2, 0.25) is 0 Å². The second-order valence-electron chi connectivity index (χ2n) is 6.10. The van der Waals surface area contributed by atoms with E-state index in [4.69, 9.17) is 0 Å². The Balaban J connectivity index is 2.63. The first-order chi connectivity index (χ1) is 14.3. The standard InChI is InChI=1S/C19H15F7N2O3/c1-2-31-16(30)17(19(24,25)26,28-15(29)11-6-5-7-12(20)10-11)27-14-9-4-3-8-13(14)18(21,22)23/h3-10,27H,2H2,1H3,(H,28,29)/t17-/m0/s1. The number of carbonyl (C=O) groups excluding carboxylic acids is 2. The maximum absolute atomic E-state index is 14.1. The lowest BCUT2D eigenvalue weighted by Gasteiger charge is -2.36. The molecule has 2 aromatic rings. The van der Waals surface area contributed by atoms with E-state index >= 15 is 0 Å². The Morgan fingerprint density at radius 3 is 2.16 bits per heavy atom. The van der Waals surface area contributed by atoms with Crippen molar-refractivity contribution < 1.29 is 45.1 Å². The summed E-state index contributed by atoms with van der Waals surface area (Å²) in [6.07, 6.45) is -10.7. The van der Waals surface area contributed by atoms with Gasteiger partial charge in [-0.25, -0.2) is 9.18 Å². The van der Waals surface area contributed by atoms with Crippen molar-refractivity contribution in [2.75, 3.05) is 11.9 Å². The van der Waals surface area contributed by atoms with Gasteiger partial charge in [0, 0.05) is 11.3 Å². The fourth-order valence-electron chi connectivity index (χ4n) is 2.54. The summed E-state index contributed by atoms with van der Waals surface area (Å²) in [4.78, 5) is 24.7. The van der Waals surface area contributed by atoms with Gasteiger partial charge in [0.15, 0.2) is 0 Å². The average molecular weight is 452 g/mol. The van der Waals surface area contributed by atoms with Crippen molar-refractivity contribution in [1.82, 2.24) is 5.32 Å². The number of anilines is 1. The van der Waals surface area contributed by atoms with Crippen LogP contribution in [0, 0.1) is 5.82 Å². The van der Waals surface area contributed by atoms with Crippen LogP contribution >= 0.6 is 0 Å². The molecule has 0 aromatic heterocycles. The highest BCUT2D eigenvalue weighted by Crippen LogP contribution is 2.39. The maximum atomic E-state index is 14.1. The number of hydrogen-bond donors (Lipinski definition) is 2. The first kappa shape index (κ1) is 24.0. The third-order valence-corrected chi connectivity index (χ3v) is 3.95. The van der Waals surface area contributed by atoms with Gasteiger partial charge in [0.05, 0.1) is 12.2 Å². The molecule has 1 amide bonds. The lowest BCUT2D eigenvalue weighted by atomic mass is 10.1. The molecule has 0 spiro atoms. The fraction of sp³-hybridized carbons (Fsp3) is 0.263. The highest BCUT2D eigenvalue weighted by atomic mass is 19.4. The number of alkyl halides is 6. The van der Waals surface area contributed by atoms with E-state index in [2.05, 4.69) is 4.74 Å². The predicted molar refractivity (Wildman–Crippen MR) is 94.4 cm³/mol. The van der Waals surface area contributed by atoms with Gasteiger partial charge < -0.3 is 15.4 Å². The normalized spacial score (nSPS) is 13.8. The van der Waals surface area contributed by atoms with Gasteiger partial charge in [-0.05, 0) is 37.3 Å². The molecule has 168 valence electrons. The Bertz CT molecular complexity index is 960. The molecule has 0 saturated carbocycles. The summed E-state index contributed by atoms with van der Waals surface area (Å²) >= 11 is 0. The van der Waals surface area contributed by atoms with Crippen molar-refractivity contribution in [3.63, 3.8) is 0 Å². The van der Waals surface area contributed by atoms with Gasteiger partial charge in [-0.1, -0.05) is 18.2 Å². The van der Waals surface area contributed by atoms with Crippen LogP contribution < -0.4 is 10.6 Å². The number of esters is 1. The lowest BCUT2D eigenvalue weighted by molar-refractivity contribution is -0.204. The molecule has 0 aliphatic carbocycles. The second-order valence-corrected chi connectivity index (χ2v) is 6.10. The molecular formula is C19H15F7N2O3. The van der Waals surface area contributed by atoms with Crippen LogP contribution in [0.4, 0.5) is 36.4 Å². The Labute approximate surface area is 171 Å². The molecule has 0 heterocycles. The monoisotopic (exact) mass is 452 g/mol. The minimum absolute atomic E-state index is 0.489. The minimum atomic E-state index is -5.67. The molecule has 2 N–H and O–H groups in total. The molecule has 31 heavy (non-hydrogen) atoms. The number of rotatable bonds is 6. The van der Waals surface area contributed by atoms with Crippen LogP contribution in [-0.2, 0) is 15.7 Å². The largest absolute Gasteiger partial charge is 0.463 e. The van der Waals surface area contributed by atoms with Crippen molar-refractivity contribution >= 4 is 17.6 Å². The Morgan fingerprint density at radius 1 is 0.968 bits per heavy atom. The number of para-hydroxylation sites is 1. The van der Waals surface area contributed by atoms with Crippen molar-refractivity contribution in [1.29, 1.82) is 0 Å². The van der Waals surface area contributed by atoms with Gasteiger partial charge >= 0.3 is 24.0 Å². The summed E-state index contributed by atoms with van der Waals surface area (Å²) in [5.74, 6) is -4.65. The molecule has 0 fully saturated rings. The molecule has 0 bridgehead atoms. The summed E-state index contributed by atoms with van der Waals surface area (Å²) in [5, 5.41) is 2.80. The molecule has 0 unspecified atom stereocenters. The van der Waals surface area contributed by atoms with E-state index in [1.54, 1.807) is 0 Å². The number of amides is 1. The molecule has 0 aliphatic rings. The molecule has 0 radical (unpaired) electrons. The fourth-order valence-corrected chi connectivity index (χ4v) is 2.54. The third kappa shape index (κ3) is 5.25. The zero-order chi connectivity index (χ0) is 23.4. The zero-order valence-corrected chi connectivity index (χ0v) is 15.7. The third-order valence-electron chi connectivity index (χ3n) is 3.95. The van der Waals surface area contributed by atoms with Crippen LogP contribution in [0.2, 0.25) is 0 Å². The minimum Gasteiger partial charge on any atom is -0.463 e. The van der Waals surface area contributed by atoms with Crippen molar-refractivity contribution in [3.8, 4) is 0 Å². The number of hydrogen-bond acceptors (Lipinski definition) is 4. The van der Waals surface area contributed by atoms with Crippen molar-refractivity contribution in [3.05, 3.63) is 65.5 Å². The van der Waals surface area contributed by atoms with Gasteiger partial charge in [-0.2, -0.15) is 26.3 Å². The number of carbonyl (C=O) groups is 2. The van der Waals surface area contributed by atoms with E-state index < -0.39 is 59.1 Å². The van der Waals surface area contributed by atoms with Crippen LogP contribution in [0.1, 0.15) is 22.8 Å². The number of nitrogens with one attached hydrogen (secondary N) is 2. The Hall–Kier alpha value is -3.31. The van der Waals surface area contributed by atoms with Gasteiger partial charge in [-0.15, -0.1) is 0 Å². The van der Waals surface area contributed by atoms with E-state index in [1.807, 2.05) is 0 Å². The van der Waals surface area contributed by atoms with Gasteiger partial charge in [-0.3, -0.25) is 4.79 Å². The Morgan fingerprint density at radius 2 is 1.61 bits per heavy atom. The average Bonchev–Trinajstić information content (AvgIpc) is 2.66. The summed E-state index contributed by atoms with van der Waals surface area (Å²) < 4.78 is 99.8. The predicted octanol–water partition coefficient (Wildman–Crippen LogP) is 4.51. The molecule has 2 rings (SSSR count). The van der Waals surface area contributed by atoms with Crippen molar-refractivity contribution in [2.45, 2.75) is 24.9 Å². The van der Waals surface area contributed by atoms with E-state index in [-0.39, 0.29) is 0 Å². The number of ether oxygens (including phenoxy) is 1. The summed E-state index contributed by atoms with van der Waals surface area (Å²) in [7, 11) is 0. The van der Waals surface area contributed by atoms with E-state index in [1.165, 1.54) is 10.6 Å². The molecule has 5 nitrogen and oxygen atoms in total. The van der Waals surface area contributed by atoms with Gasteiger partial charge in [0.1, 0.15) is 5.82 Å². The summed E-state index contributed by atoms with van der Waals surface area (Å²) in [6.45, 7) is 0.589. The quantitative estimate of drug-likeness (QED) is 0.385. The van der Waals surface area contributed by atoms with E-state index in [0.29, 0.717) is 18.2 Å². The van der Waals surface area contributed by atoms with Crippen LogP contribution in [0.25, 0.3) is 0 Å². The highest BCUT2D eigenvalue weighted by Gasteiger charge is 2.64. The second kappa shape index (κ2) is 8.82. The first-order valence-electron chi connectivity index (χ1n) is 8.58. The smallest absolute Gasteiger partial charge is 0.441 e. The van der Waals surface area contributed by atoms with Crippen LogP contribution in [0.5, 0.6) is 0 Å². The molecule has 12 heteroatoms. The molecule has 2 aromatic carbocycles. The zero-order valence-electron chi connectivity index (χ0n) is 15.7. The summed E-state index contributed by atoms with van der Waals surface area (Å²) in [5.41, 5.74) is -7.37. The maximum Gasteiger partial charge on any atom is 0.441 e.